The second-order valence-corrected chi connectivity index (χ2v) is 6.82. The van der Waals surface area contributed by atoms with Gasteiger partial charge in [-0.3, -0.25) is 9.59 Å². The molecule has 0 saturated carbocycles. The maximum Gasteiger partial charge on any atom is 0.237 e. The third kappa shape index (κ3) is 4.28. The summed E-state index contributed by atoms with van der Waals surface area (Å²) in [5, 5.41) is 0. The standard InChI is InChI=1S/C18H26N2O2S/c1-4-19(5-2)17(21)12-23-13-18(22)20-14(3)10-11-15-8-6-7-9-16(15)20/h6-9,14H,4-5,10-13H2,1-3H3. The number of hydrogen-bond donors (Lipinski definition) is 0. The SMILES string of the molecule is CCN(CC)C(=O)CSCC(=O)N1c2ccccc2CCC1C. The number of carbonyl (C=O) groups is 2. The fourth-order valence-corrected chi connectivity index (χ4v) is 3.80. The van der Waals surface area contributed by atoms with Crippen LogP contribution < -0.4 is 4.90 Å². The van der Waals surface area contributed by atoms with Crippen molar-refractivity contribution in [1.29, 1.82) is 0 Å². The average Bonchev–Trinajstić information content (AvgIpc) is 2.55. The van der Waals surface area contributed by atoms with Crippen LogP contribution in [0.3, 0.4) is 0 Å². The summed E-state index contributed by atoms with van der Waals surface area (Å²) in [6.45, 7) is 7.49. The lowest BCUT2D eigenvalue weighted by molar-refractivity contribution is -0.127. The summed E-state index contributed by atoms with van der Waals surface area (Å²) in [4.78, 5) is 28.4. The van der Waals surface area contributed by atoms with E-state index in [4.69, 9.17) is 0 Å². The molecule has 2 amide bonds. The van der Waals surface area contributed by atoms with Crippen molar-refractivity contribution in [1.82, 2.24) is 4.90 Å². The van der Waals surface area contributed by atoms with E-state index in [0.717, 1.165) is 31.6 Å². The minimum atomic E-state index is 0.0991. The van der Waals surface area contributed by atoms with Crippen LogP contribution in [0.25, 0.3) is 0 Å². The van der Waals surface area contributed by atoms with Crippen molar-refractivity contribution < 1.29 is 9.59 Å². The topological polar surface area (TPSA) is 40.6 Å². The van der Waals surface area contributed by atoms with E-state index in [1.165, 1.54) is 17.3 Å². The molecular formula is C18H26N2O2S. The molecule has 0 radical (unpaired) electrons. The van der Waals surface area contributed by atoms with Gasteiger partial charge in [0.1, 0.15) is 0 Å². The van der Waals surface area contributed by atoms with Crippen molar-refractivity contribution in [3.05, 3.63) is 29.8 Å². The van der Waals surface area contributed by atoms with Gasteiger partial charge in [-0.2, -0.15) is 0 Å². The van der Waals surface area contributed by atoms with E-state index in [-0.39, 0.29) is 17.9 Å². The van der Waals surface area contributed by atoms with Crippen LogP contribution in [-0.2, 0) is 16.0 Å². The van der Waals surface area contributed by atoms with Crippen LogP contribution in [0.15, 0.2) is 24.3 Å². The first-order chi connectivity index (χ1) is 11.1. The number of fused-ring (bicyclic) bond motifs is 1. The third-order valence-electron chi connectivity index (χ3n) is 4.36. The van der Waals surface area contributed by atoms with Crippen LogP contribution in [0.2, 0.25) is 0 Å². The highest BCUT2D eigenvalue weighted by Gasteiger charge is 2.27. The number of thioether (sulfide) groups is 1. The maximum atomic E-state index is 12.6. The molecule has 1 atom stereocenters. The Hall–Kier alpha value is -1.49. The van der Waals surface area contributed by atoms with Gasteiger partial charge in [0.15, 0.2) is 0 Å². The molecule has 2 rings (SSSR count). The van der Waals surface area contributed by atoms with Crippen molar-refractivity contribution in [3.63, 3.8) is 0 Å². The Labute approximate surface area is 143 Å². The molecule has 1 aliphatic rings. The Morgan fingerprint density at radius 1 is 1.22 bits per heavy atom. The van der Waals surface area contributed by atoms with Gasteiger partial charge in [0.25, 0.3) is 0 Å². The lowest BCUT2D eigenvalue weighted by Crippen LogP contribution is -2.43. The average molecular weight is 334 g/mol. The van der Waals surface area contributed by atoms with Crippen LogP contribution in [0.4, 0.5) is 5.69 Å². The second-order valence-electron chi connectivity index (χ2n) is 5.84. The van der Waals surface area contributed by atoms with E-state index in [0.29, 0.717) is 11.5 Å². The van der Waals surface area contributed by atoms with Crippen LogP contribution in [0.1, 0.15) is 32.8 Å². The summed E-state index contributed by atoms with van der Waals surface area (Å²) in [7, 11) is 0. The minimum Gasteiger partial charge on any atom is -0.343 e. The van der Waals surface area contributed by atoms with Crippen molar-refractivity contribution in [2.75, 3.05) is 29.5 Å². The highest BCUT2D eigenvalue weighted by atomic mass is 32.2. The minimum absolute atomic E-state index is 0.0991. The molecule has 0 N–H and O–H groups in total. The zero-order valence-electron chi connectivity index (χ0n) is 14.2. The van der Waals surface area contributed by atoms with Gasteiger partial charge in [0, 0.05) is 24.8 Å². The summed E-state index contributed by atoms with van der Waals surface area (Å²) < 4.78 is 0. The van der Waals surface area contributed by atoms with Crippen molar-refractivity contribution >= 4 is 29.3 Å². The predicted molar refractivity (Wildman–Crippen MR) is 97.0 cm³/mol. The summed E-state index contributed by atoms with van der Waals surface area (Å²) in [6.07, 6.45) is 2.01. The van der Waals surface area contributed by atoms with Gasteiger partial charge in [0.2, 0.25) is 11.8 Å². The van der Waals surface area contributed by atoms with Gasteiger partial charge in [-0.25, -0.2) is 0 Å². The number of benzene rings is 1. The molecule has 23 heavy (non-hydrogen) atoms. The number of para-hydroxylation sites is 1. The van der Waals surface area contributed by atoms with Crippen LogP contribution in [0, 0.1) is 0 Å². The molecule has 5 heteroatoms. The lowest BCUT2D eigenvalue weighted by Gasteiger charge is -2.35. The van der Waals surface area contributed by atoms with Crippen LogP contribution in [-0.4, -0.2) is 47.4 Å². The number of nitrogens with zero attached hydrogens (tertiary/aromatic N) is 2. The highest BCUT2D eigenvalue weighted by molar-refractivity contribution is 8.00. The molecule has 4 nitrogen and oxygen atoms in total. The molecule has 126 valence electrons. The number of hydrogen-bond acceptors (Lipinski definition) is 3. The van der Waals surface area contributed by atoms with Crippen LogP contribution in [0.5, 0.6) is 0 Å². The van der Waals surface area contributed by atoms with Gasteiger partial charge in [0.05, 0.1) is 11.5 Å². The smallest absolute Gasteiger partial charge is 0.237 e. The Morgan fingerprint density at radius 3 is 2.61 bits per heavy atom. The van der Waals surface area contributed by atoms with E-state index in [2.05, 4.69) is 13.0 Å². The maximum absolute atomic E-state index is 12.6. The molecule has 0 saturated heterocycles. The molecule has 1 heterocycles. The Bertz CT molecular complexity index is 558. The first kappa shape index (κ1) is 17.9. The van der Waals surface area contributed by atoms with E-state index in [1.54, 1.807) is 4.90 Å². The fourth-order valence-electron chi connectivity index (χ4n) is 3.03. The normalized spacial score (nSPS) is 16.8. The largest absolute Gasteiger partial charge is 0.343 e. The van der Waals surface area contributed by atoms with Gasteiger partial charge >= 0.3 is 0 Å². The fraction of sp³-hybridized carbons (Fsp3) is 0.556. The van der Waals surface area contributed by atoms with E-state index < -0.39 is 0 Å². The molecule has 0 fully saturated rings. The monoisotopic (exact) mass is 334 g/mol. The Balaban J connectivity index is 1.94. The van der Waals surface area contributed by atoms with Crippen molar-refractivity contribution in [2.24, 2.45) is 0 Å². The van der Waals surface area contributed by atoms with Gasteiger partial charge < -0.3 is 9.80 Å². The highest BCUT2D eigenvalue weighted by Crippen LogP contribution is 2.30. The second kappa shape index (κ2) is 8.39. The van der Waals surface area contributed by atoms with Gasteiger partial charge in [-0.1, -0.05) is 18.2 Å². The first-order valence-electron chi connectivity index (χ1n) is 8.33. The number of anilines is 1. The van der Waals surface area contributed by atoms with E-state index in [9.17, 15) is 9.59 Å². The lowest BCUT2D eigenvalue weighted by atomic mass is 9.97. The molecule has 1 aromatic rings. The quantitative estimate of drug-likeness (QED) is 0.803. The molecule has 0 aromatic heterocycles. The molecule has 0 bridgehead atoms. The number of rotatable bonds is 6. The zero-order chi connectivity index (χ0) is 16.8. The number of aryl methyl sites for hydroxylation is 1. The molecule has 1 aromatic carbocycles. The Kier molecular flexibility index (Phi) is 6.51. The summed E-state index contributed by atoms with van der Waals surface area (Å²) in [5.74, 6) is 0.935. The van der Waals surface area contributed by atoms with Gasteiger partial charge in [-0.05, 0) is 45.2 Å². The molecule has 1 unspecified atom stereocenters. The third-order valence-corrected chi connectivity index (χ3v) is 5.26. The van der Waals surface area contributed by atoms with E-state index in [1.807, 2.05) is 36.9 Å². The molecule has 0 spiro atoms. The van der Waals surface area contributed by atoms with E-state index >= 15 is 0 Å². The van der Waals surface area contributed by atoms with Crippen molar-refractivity contribution in [3.8, 4) is 0 Å². The zero-order valence-corrected chi connectivity index (χ0v) is 15.1. The summed E-state index contributed by atoms with van der Waals surface area (Å²) in [5.41, 5.74) is 2.27. The van der Waals surface area contributed by atoms with Crippen LogP contribution >= 0.6 is 11.8 Å². The Morgan fingerprint density at radius 2 is 1.91 bits per heavy atom. The first-order valence-corrected chi connectivity index (χ1v) is 9.49. The number of carbonyl (C=O) groups excluding carboxylic acids is 2. The molecular weight excluding hydrogens is 308 g/mol. The number of amides is 2. The molecule has 1 aliphatic heterocycles. The van der Waals surface area contributed by atoms with Crippen molar-refractivity contribution in [2.45, 2.75) is 39.7 Å². The summed E-state index contributed by atoms with van der Waals surface area (Å²) in [6, 6.07) is 8.34. The summed E-state index contributed by atoms with van der Waals surface area (Å²) >= 11 is 1.42. The predicted octanol–water partition coefficient (Wildman–Crippen LogP) is 2.96. The molecule has 0 aliphatic carbocycles. The van der Waals surface area contributed by atoms with Gasteiger partial charge in [-0.15, -0.1) is 11.8 Å².